The molecule has 9 heteroatoms. The number of ether oxygens (including phenoxy) is 1. The average molecular weight is 430 g/mol. The standard InChI is InChI=1S/C20H20ClN5O2S/c1-28-17-5-2-14(21)12-16(17)23-18(27)8-11-29-20-25-24-19(26(20)15-3-4-15)13-6-9-22-10-7-13/h2,5-7,9-10,12,15H,3-4,8,11H2,1H3,(H,23,27). The van der Waals surface area contributed by atoms with Crippen molar-refractivity contribution < 1.29 is 9.53 Å². The highest BCUT2D eigenvalue weighted by Gasteiger charge is 2.30. The van der Waals surface area contributed by atoms with Gasteiger partial charge in [-0.25, -0.2) is 0 Å². The normalized spacial score (nSPS) is 13.3. The molecule has 0 atom stereocenters. The number of nitrogens with zero attached hydrogens (tertiary/aromatic N) is 4. The number of nitrogens with one attached hydrogen (secondary N) is 1. The van der Waals surface area contributed by atoms with Crippen LogP contribution < -0.4 is 10.1 Å². The van der Waals surface area contributed by atoms with Gasteiger partial charge in [0.05, 0.1) is 12.8 Å². The number of benzene rings is 1. The fourth-order valence-electron chi connectivity index (χ4n) is 2.96. The SMILES string of the molecule is COc1ccc(Cl)cc1NC(=O)CCSc1nnc(-c2ccncc2)n1C1CC1. The molecule has 1 aliphatic carbocycles. The molecule has 3 aromatic rings. The van der Waals surface area contributed by atoms with Crippen molar-refractivity contribution in [1.29, 1.82) is 0 Å². The largest absolute Gasteiger partial charge is 0.495 e. The van der Waals surface area contributed by atoms with E-state index in [0.29, 0.717) is 34.7 Å². The van der Waals surface area contributed by atoms with Crippen molar-refractivity contribution in [2.75, 3.05) is 18.2 Å². The minimum absolute atomic E-state index is 0.107. The Morgan fingerprint density at radius 1 is 1.28 bits per heavy atom. The lowest BCUT2D eigenvalue weighted by molar-refractivity contribution is -0.115. The molecule has 1 saturated carbocycles. The summed E-state index contributed by atoms with van der Waals surface area (Å²) in [5.41, 5.74) is 1.56. The lowest BCUT2D eigenvalue weighted by atomic mass is 10.2. The second-order valence-electron chi connectivity index (χ2n) is 6.63. The van der Waals surface area contributed by atoms with E-state index in [2.05, 4.69) is 25.1 Å². The highest BCUT2D eigenvalue weighted by molar-refractivity contribution is 7.99. The zero-order valence-corrected chi connectivity index (χ0v) is 17.4. The third kappa shape index (κ3) is 4.71. The topological polar surface area (TPSA) is 81.9 Å². The van der Waals surface area contributed by atoms with Gasteiger partial charge in [0, 0.05) is 41.2 Å². The maximum atomic E-state index is 12.4. The molecule has 0 spiro atoms. The molecule has 2 heterocycles. The number of methoxy groups -OCH3 is 1. The van der Waals surface area contributed by atoms with E-state index in [1.165, 1.54) is 11.8 Å². The highest BCUT2D eigenvalue weighted by atomic mass is 35.5. The lowest BCUT2D eigenvalue weighted by Gasteiger charge is -2.11. The Morgan fingerprint density at radius 3 is 2.79 bits per heavy atom. The zero-order valence-electron chi connectivity index (χ0n) is 15.8. The van der Waals surface area contributed by atoms with Crippen LogP contribution in [-0.4, -0.2) is 38.5 Å². The molecule has 1 N–H and O–H groups in total. The number of carbonyl (C=O) groups excluding carboxylic acids is 1. The first kappa shape index (κ1) is 19.7. The Bertz CT molecular complexity index is 1010. The van der Waals surface area contributed by atoms with Gasteiger partial charge in [-0.15, -0.1) is 10.2 Å². The minimum Gasteiger partial charge on any atom is -0.495 e. The number of thioether (sulfide) groups is 1. The van der Waals surface area contributed by atoms with Gasteiger partial charge in [-0.05, 0) is 43.2 Å². The van der Waals surface area contributed by atoms with Crippen LogP contribution in [0.15, 0.2) is 47.9 Å². The second-order valence-corrected chi connectivity index (χ2v) is 8.13. The summed E-state index contributed by atoms with van der Waals surface area (Å²) in [4.78, 5) is 16.4. The van der Waals surface area contributed by atoms with Crippen molar-refractivity contribution in [3.05, 3.63) is 47.7 Å². The van der Waals surface area contributed by atoms with Gasteiger partial charge in [-0.1, -0.05) is 23.4 Å². The predicted octanol–water partition coefficient (Wildman–Crippen LogP) is 4.46. The van der Waals surface area contributed by atoms with Gasteiger partial charge in [0.25, 0.3) is 0 Å². The average Bonchev–Trinajstić information content (AvgIpc) is 3.48. The van der Waals surface area contributed by atoms with Gasteiger partial charge in [-0.3, -0.25) is 14.3 Å². The molecule has 0 radical (unpaired) electrons. The Balaban J connectivity index is 1.39. The number of rotatable bonds is 8. The van der Waals surface area contributed by atoms with Gasteiger partial charge >= 0.3 is 0 Å². The molecule has 7 nitrogen and oxygen atoms in total. The second kappa shape index (κ2) is 8.84. The highest BCUT2D eigenvalue weighted by Crippen LogP contribution is 2.41. The zero-order chi connectivity index (χ0) is 20.2. The molecule has 1 aromatic carbocycles. The first-order valence-electron chi connectivity index (χ1n) is 9.27. The quantitative estimate of drug-likeness (QED) is 0.532. The van der Waals surface area contributed by atoms with Crippen molar-refractivity contribution in [2.45, 2.75) is 30.5 Å². The van der Waals surface area contributed by atoms with Crippen LogP contribution in [0.3, 0.4) is 0 Å². The molecule has 2 aromatic heterocycles. The number of carbonyl (C=O) groups is 1. The van der Waals surface area contributed by atoms with Crippen molar-refractivity contribution in [3.8, 4) is 17.1 Å². The van der Waals surface area contributed by atoms with Crippen LogP contribution in [0, 0.1) is 0 Å². The van der Waals surface area contributed by atoms with E-state index in [1.807, 2.05) is 12.1 Å². The number of amides is 1. The monoisotopic (exact) mass is 429 g/mol. The molecule has 0 unspecified atom stereocenters. The Hall–Kier alpha value is -2.58. The Morgan fingerprint density at radius 2 is 2.07 bits per heavy atom. The van der Waals surface area contributed by atoms with Crippen molar-refractivity contribution in [1.82, 2.24) is 19.7 Å². The van der Waals surface area contributed by atoms with Crippen molar-refractivity contribution in [3.63, 3.8) is 0 Å². The summed E-state index contributed by atoms with van der Waals surface area (Å²) in [6, 6.07) is 9.42. The summed E-state index contributed by atoms with van der Waals surface area (Å²) in [6.07, 6.45) is 6.09. The van der Waals surface area contributed by atoms with E-state index in [0.717, 1.165) is 29.4 Å². The van der Waals surface area contributed by atoms with E-state index in [9.17, 15) is 4.79 Å². The van der Waals surface area contributed by atoms with E-state index < -0.39 is 0 Å². The molecule has 0 aliphatic heterocycles. The third-order valence-corrected chi connectivity index (χ3v) is 5.69. The van der Waals surface area contributed by atoms with Crippen LogP contribution in [0.2, 0.25) is 5.02 Å². The molecule has 1 amide bonds. The summed E-state index contributed by atoms with van der Waals surface area (Å²) in [5, 5.41) is 13.0. The third-order valence-electron chi connectivity index (χ3n) is 4.51. The summed E-state index contributed by atoms with van der Waals surface area (Å²) in [6.45, 7) is 0. The van der Waals surface area contributed by atoms with Crippen LogP contribution in [0.4, 0.5) is 5.69 Å². The lowest BCUT2D eigenvalue weighted by Crippen LogP contribution is -2.13. The molecule has 29 heavy (non-hydrogen) atoms. The first-order valence-corrected chi connectivity index (χ1v) is 10.6. The molecule has 0 bridgehead atoms. The summed E-state index contributed by atoms with van der Waals surface area (Å²) < 4.78 is 7.44. The smallest absolute Gasteiger partial charge is 0.225 e. The molecule has 4 rings (SSSR count). The molecule has 150 valence electrons. The maximum absolute atomic E-state index is 12.4. The molecule has 0 saturated heterocycles. The summed E-state index contributed by atoms with van der Waals surface area (Å²) >= 11 is 7.55. The fraction of sp³-hybridized carbons (Fsp3) is 0.300. The number of hydrogen-bond acceptors (Lipinski definition) is 6. The van der Waals surface area contributed by atoms with Crippen LogP contribution in [-0.2, 0) is 4.79 Å². The minimum atomic E-state index is -0.107. The number of pyridine rings is 1. The van der Waals surface area contributed by atoms with Crippen LogP contribution in [0.25, 0.3) is 11.4 Å². The van der Waals surface area contributed by atoms with Gasteiger partial charge < -0.3 is 10.1 Å². The van der Waals surface area contributed by atoms with E-state index in [-0.39, 0.29) is 5.91 Å². The van der Waals surface area contributed by atoms with Crippen LogP contribution in [0.1, 0.15) is 25.3 Å². The molecular weight excluding hydrogens is 410 g/mol. The number of aromatic nitrogens is 4. The molecule has 1 aliphatic rings. The van der Waals surface area contributed by atoms with Gasteiger partial charge in [0.2, 0.25) is 5.91 Å². The first-order chi connectivity index (χ1) is 14.2. The molecular formula is C20H20ClN5O2S. The maximum Gasteiger partial charge on any atom is 0.225 e. The summed E-state index contributed by atoms with van der Waals surface area (Å²) in [7, 11) is 1.56. The Labute approximate surface area is 177 Å². The van der Waals surface area contributed by atoms with Crippen molar-refractivity contribution >= 4 is 35.0 Å². The Kier molecular flexibility index (Phi) is 6.01. The van der Waals surface area contributed by atoms with Gasteiger partial charge in [-0.2, -0.15) is 0 Å². The van der Waals surface area contributed by atoms with E-state index in [4.69, 9.17) is 16.3 Å². The van der Waals surface area contributed by atoms with Gasteiger partial charge in [0.1, 0.15) is 5.75 Å². The molecule has 1 fully saturated rings. The number of hydrogen-bond donors (Lipinski definition) is 1. The van der Waals surface area contributed by atoms with Crippen LogP contribution >= 0.6 is 23.4 Å². The predicted molar refractivity (Wildman–Crippen MR) is 113 cm³/mol. The van der Waals surface area contributed by atoms with Crippen molar-refractivity contribution in [2.24, 2.45) is 0 Å². The van der Waals surface area contributed by atoms with E-state index in [1.54, 1.807) is 37.7 Å². The van der Waals surface area contributed by atoms with E-state index >= 15 is 0 Å². The fourth-order valence-corrected chi connectivity index (χ4v) is 4.08. The van der Waals surface area contributed by atoms with Crippen LogP contribution in [0.5, 0.6) is 5.75 Å². The summed E-state index contributed by atoms with van der Waals surface area (Å²) in [5.74, 6) is 1.91. The number of anilines is 1. The van der Waals surface area contributed by atoms with Gasteiger partial charge in [0.15, 0.2) is 11.0 Å². The number of halogens is 1.